The molecule has 1 heterocycles. The lowest BCUT2D eigenvalue weighted by Gasteiger charge is -2.10. The molecular formula is C20H20N2O3. The summed E-state index contributed by atoms with van der Waals surface area (Å²) in [6.07, 6.45) is 1.71. The fourth-order valence-corrected chi connectivity index (χ4v) is 2.30. The van der Waals surface area contributed by atoms with Gasteiger partial charge in [-0.15, -0.1) is 0 Å². The molecule has 0 fully saturated rings. The molecule has 0 aliphatic rings. The van der Waals surface area contributed by atoms with Gasteiger partial charge in [-0.2, -0.15) is 0 Å². The summed E-state index contributed by atoms with van der Waals surface area (Å²) >= 11 is 0. The Kier molecular flexibility index (Phi) is 5.14. The number of oxazole rings is 1. The SMILES string of the molecule is CC(C)c1cnc(COc2ccccc2C(=O)Nc2ccccc2)o1. The van der Waals surface area contributed by atoms with Crippen molar-refractivity contribution in [1.82, 2.24) is 4.98 Å². The van der Waals surface area contributed by atoms with Crippen molar-refractivity contribution in [2.24, 2.45) is 0 Å². The number of rotatable bonds is 6. The number of hydrogen-bond donors (Lipinski definition) is 1. The second-order valence-electron chi connectivity index (χ2n) is 5.92. The first-order chi connectivity index (χ1) is 12.1. The van der Waals surface area contributed by atoms with E-state index in [0.717, 1.165) is 11.4 Å². The molecule has 0 aliphatic carbocycles. The Morgan fingerprint density at radius 2 is 1.84 bits per heavy atom. The van der Waals surface area contributed by atoms with Crippen molar-refractivity contribution in [1.29, 1.82) is 0 Å². The molecule has 2 aromatic carbocycles. The molecule has 0 bridgehead atoms. The van der Waals surface area contributed by atoms with Crippen molar-refractivity contribution in [3.05, 3.63) is 78.0 Å². The Bertz CT molecular complexity index is 841. The average molecular weight is 336 g/mol. The molecule has 1 aromatic heterocycles. The predicted octanol–water partition coefficient (Wildman–Crippen LogP) is 4.63. The van der Waals surface area contributed by atoms with Crippen molar-refractivity contribution in [3.63, 3.8) is 0 Å². The van der Waals surface area contributed by atoms with Gasteiger partial charge in [0.15, 0.2) is 6.61 Å². The molecule has 1 N–H and O–H groups in total. The molecule has 5 heteroatoms. The molecule has 0 atom stereocenters. The van der Waals surface area contributed by atoms with Crippen LogP contribution in [0.2, 0.25) is 0 Å². The fraction of sp³-hybridized carbons (Fsp3) is 0.200. The monoisotopic (exact) mass is 336 g/mol. The first-order valence-electron chi connectivity index (χ1n) is 8.16. The van der Waals surface area contributed by atoms with E-state index in [4.69, 9.17) is 9.15 Å². The standard InChI is InChI=1S/C20H20N2O3/c1-14(2)18-12-21-19(25-18)13-24-17-11-7-6-10-16(17)20(23)22-15-8-4-3-5-9-15/h3-12,14H,13H2,1-2H3,(H,22,23). The second kappa shape index (κ2) is 7.66. The van der Waals surface area contributed by atoms with Crippen LogP contribution in [0.5, 0.6) is 5.75 Å². The van der Waals surface area contributed by atoms with Crippen LogP contribution in [0.3, 0.4) is 0 Å². The van der Waals surface area contributed by atoms with E-state index in [1.54, 1.807) is 24.4 Å². The summed E-state index contributed by atoms with van der Waals surface area (Å²) in [6, 6.07) is 16.4. The number of para-hydroxylation sites is 2. The molecule has 0 saturated heterocycles. The Morgan fingerprint density at radius 1 is 1.12 bits per heavy atom. The van der Waals surface area contributed by atoms with Gasteiger partial charge < -0.3 is 14.5 Å². The van der Waals surface area contributed by atoms with E-state index < -0.39 is 0 Å². The van der Waals surface area contributed by atoms with Gasteiger partial charge in [0.05, 0.1) is 11.8 Å². The second-order valence-corrected chi connectivity index (χ2v) is 5.92. The molecule has 0 aliphatic heterocycles. The van der Waals surface area contributed by atoms with E-state index in [0.29, 0.717) is 17.2 Å². The zero-order valence-electron chi connectivity index (χ0n) is 14.2. The number of carbonyl (C=O) groups excluding carboxylic acids is 1. The van der Waals surface area contributed by atoms with Gasteiger partial charge in [-0.3, -0.25) is 4.79 Å². The summed E-state index contributed by atoms with van der Waals surface area (Å²) in [5, 5.41) is 2.86. The van der Waals surface area contributed by atoms with Crippen molar-refractivity contribution in [2.45, 2.75) is 26.4 Å². The van der Waals surface area contributed by atoms with E-state index in [-0.39, 0.29) is 18.4 Å². The summed E-state index contributed by atoms with van der Waals surface area (Å²) in [6.45, 7) is 4.24. The number of nitrogens with zero attached hydrogens (tertiary/aromatic N) is 1. The number of ether oxygens (including phenoxy) is 1. The van der Waals surface area contributed by atoms with Crippen LogP contribution in [-0.4, -0.2) is 10.9 Å². The maximum atomic E-state index is 12.5. The number of aromatic nitrogens is 1. The van der Waals surface area contributed by atoms with Gasteiger partial charge in [-0.1, -0.05) is 44.2 Å². The summed E-state index contributed by atoms with van der Waals surface area (Å²) in [4.78, 5) is 16.7. The Hall–Kier alpha value is -3.08. The number of hydrogen-bond acceptors (Lipinski definition) is 4. The number of nitrogens with one attached hydrogen (secondary N) is 1. The van der Waals surface area contributed by atoms with Gasteiger partial charge in [0.2, 0.25) is 5.89 Å². The van der Waals surface area contributed by atoms with Gasteiger partial charge in [0.25, 0.3) is 5.91 Å². The molecule has 3 rings (SSSR count). The van der Waals surface area contributed by atoms with Gasteiger partial charge in [-0.25, -0.2) is 4.98 Å². The van der Waals surface area contributed by atoms with Crippen molar-refractivity contribution >= 4 is 11.6 Å². The maximum absolute atomic E-state index is 12.5. The smallest absolute Gasteiger partial charge is 0.259 e. The molecule has 128 valence electrons. The number of amides is 1. The lowest BCUT2D eigenvalue weighted by Crippen LogP contribution is -2.13. The van der Waals surface area contributed by atoms with E-state index >= 15 is 0 Å². The number of benzene rings is 2. The first-order valence-corrected chi connectivity index (χ1v) is 8.16. The lowest BCUT2D eigenvalue weighted by atomic mass is 10.2. The molecule has 25 heavy (non-hydrogen) atoms. The van der Waals surface area contributed by atoms with Gasteiger partial charge >= 0.3 is 0 Å². The zero-order chi connectivity index (χ0) is 17.6. The van der Waals surface area contributed by atoms with Crippen LogP contribution in [0.1, 0.15) is 41.8 Å². The van der Waals surface area contributed by atoms with Gasteiger partial charge in [0, 0.05) is 11.6 Å². The highest BCUT2D eigenvalue weighted by molar-refractivity contribution is 6.06. The summed E-state index contributed by atoms with van der Waals surface area (Å²) in [7, 11) is 0. The van der Waals surface area contributed by atoms with Gasteiger partial charge in [-0.05, 0) is 24.3 Å². The molecular weight excluding hydrogens is 316 g/mol. The Labute approximate surface area is 146 Å². The molecule has 3 aromatic rings. The highest BCUT2D eigenvalue weighted by Gasteiger charge is 2.14. The number of anilines is 1. The normalized spacial score (nSPS) is 10.7. The Morgan fingerprint density at radius 3 is 2.56 bits per heavy atom. The summed E-state index contributed by atoms with van der Waals surface area (Å²) in [5.74, 6) is 1.83. The van der Waals surface area contributed by atoms with Crippen LogP contribution < -0.4 is 10.1 Å². The minimum atomic E-state index is -0.225. The predicted molar refractivity (Wildman–Crippen MR) is 95.8 cm³/mol. The highest BCUT2D eigenvalue weighted by atomic mass is 16.5. The summed E-state index contributed by atoms with van der Waals surface area (Å²) < 4.78 is 11.4. The van der Waals surface area contributed by atoms with Crippen LogP contribution in [0.25, 0.3) is 0 Å². The molecule has 1 amide bonds. The van der Waals surface area contributed by atoms with Gasteiger partial charge in [0.1, 0.15) is 11.5 Å². The topological polar surface area (TPSA) is 64.4 Å². The van der Waals surface area contributed by atoms with Crippen molar-refractivity contribution < 1.29 is 13.9 Å². The molecule has 0 saturated carbocycles. The van der Waals surface area contributed by atoms with Crippen molar-refractivity contribution in [2.75, 3.05) is 5.32 Å². The average Bonchev–Trinajstić information content (AvgIpc) is 3.10. The van der Waals surface area contributed by atoms with E-state index in [1.165, 1.54) is 0 Å². The largest absolute Gasteiger partial charge is 0.483 e. The highest BCUT2D eigenvalue weighted by Crippen LogP contribution is 2.22. The van der Waals surface area contributed by atoms with Crippen LogP contribution >= 0.6 is 0 Å². The molecule has 5 nitrogen and oxygen atoms in total. The third-order valence-corrected chi connectivity index (χ3v) is 3.65. The van der Waals surface area contributed by atoms with E-state index in [2.05, 4.69) is 10.3 Å². The fourth-order valence-electron chi connectivity index (χ4n) is 2.30. The first kappa shape index (κ1) is 16.8. The quantitative estimate of drug-likeness (QED) is 0.713. The number of carbonyl (C=O) groups is 1. The van der Waals surface area contributed by atoms with Crippen LogP contribution in [0.15, 0.2) is 65.2 Å². The molecule has 0 spiro atoms. The minimum Gasteiger partial charge on any atom is -0.483 e. The molecule has 0 radical (unpaired) electrons. The van der Waals surface area contributed by atoms with E-state index in [1.807, 2.05) is 50.2 Å². The van der Waals surface area contributed by atoms with Crippen molar-refractivity contribution in [3.8, 4) is 5.75 Å². The maximum Gasteiger partial charge on any atom is 0.259 e. The van der Waals surface area contributed by atoms with E-state index in [9.17, 15) is 4.79 Å². The third kappa shape index (κ3) is 4.26. The Balaban J connectivity index is 1.70. The minimum absolute atomic E-state index is 0.169. The zero-order valence-corrected chi connectivity index (χ0v) is 14.2. The summed E-state index contributed by atoms with van der Waals surface area (Å²) in [5.41, 5.74) is 1.19. The van der Waals surface area contributed by atoms with Crippen LogP contribution in [0, 0.1) is 0 Å². The lowest BCUT2D eigenvalue weighted by molar-refractivity contribution is 0.102. The van der Waals surface area contributed by atoms with Crippen LogP contribution in [0.4, 0.5) is 5.69 Å². The third-order valence-electron chi connectivity index (χ3n) is 3.65. The molecule has 0 unspecified atom stereocenters. The van der Waals surface area contributed by atoms with Crippen LogP contribution in [-0.2, 0) is 6.61 Å².